The number of nitrogens with zero attached hydrogens (tertiary/aromatic N) is 2. The van der Waals surface area contributed by atoms with Gasteiger partial charge in [0.05, 0.1) is 0 Å². The molecule has 2 fully saturated rings. The van der Waals surface area contributed by atoms with Crippen molar-refractivity contribution in [2.75, 3.05) is 14.1 Å². The van der Waals surface area contributed by atoms with Gasteiger partial charge < -0.3 is 10.2 Å². The van der Waals surface area contributed by atoms with Gasteiger partial charge in [0.25, 0.3) is 0 Å². The van der Waals surface area contributed by atoms with Gasteiger partial charge in [-0.15, -0.1) is 0 Å². The topological polar surface area (TPSA) is 81.1 Å². The second-order valence-corrected chi connectivity index (χ2v) is 15.5. The van der Waals surface area contributed by atoms with Gasteiger partial charge in [-0.25, -0.2) is 0 Å². The minimum Gasteiger partial charge on any atom is -0.480 e. The molecule has 0 saturated carbocycles. The first-order valence-corrected chi connectivity index (χ1v) is 15.2. The monoisotopic (exact) mass is 556 g/mol. The third-order valence-corrected chi connectivity index (χ3v) is 11.6. The van der Waals surface area contributed by atoms with Gasteiger partial charge in [-0.2, -0.15) is 0 Å². The minimum absolute atomic E-state index is 0.0150. The van der Waals surface area contributed by atoms with Crippen LogP contribution in [0.15, 0.2) is 30.3 Å². The summed E-state index contributed by atoms with van der Waals surface area (Å²) in [5.74, 6) is -2.54. The Kier molecular flexibility index (Phi) is 8.74. The highest BCUT2D eigenvalue weighted by atomic mass is 16.4. The summed E-state index contributed by atoms with van der Waals surface area (Å²) < 4.78 is 0. The lowest BCUT2D eigenvalue weighted by atomic mass is 9.42. The quantitative estimate of drug-likeness (QED) is 0.320. The summed E-state index contributed by atoms with van der Waals surface area (Å²) >= 11 is 0. The van der Waals surface area contributed by atoms with Gasteiger partial charge in [0.15, 0.2) is 5.41 Å². The van der Waals surface area contributed by atoms with Crippen molar-refractivity contribution in [3.63, 3.8) is 0 Å². The Labute approximate surface area is 243 Å². The fourth-order valence-corrected chi connectivity index (χ4v) is 9.24. The first kappa shape index (κ1) is 32.6. The maximum Gasteiger partial charge on any atom is 0.321 e. The number of likely N-dealkylation sites (tertiary alicyclic amines) is 2. The smallest absolute Gasteiger partial charge is 0.321 e. The van der Waals surface area contributed by atoms with Crippen molar-refractivity contribution in [1.82, 2.24) is 9.80 Å². The number of carboxylic acid groups (broad SMARTS) is 2. The van der Waals surface area contributed by atoms with Crippen molar-refractivity contribution in [2.24, 2.45) is 22.7 Å². The predicted octanol–water partition coefficient (Wildman–Crippen LogP) is 6.97. The number of carbonyl (C=O) groups is 2. The molecule has 3 rings (SSSR count). The average molecular weight is 557 g/mol. The van der Waals surface area contributed by atoms with E-state index < -0.39 is 22.8 Å². The summed E-state index contributed by atoms with van der Waals surface area (Å²) in [5.41, 5.74) is -3.00. The molecule has 1 aromatic rings. The van der Waals surface area contributed by atoms with E-state index in [4.69, 9.17) is 0 Å². The van der Waals surface area contributed by atoms with Crippen molar-refractivity contribution in [3.05, 3.63) is 35.9 Å². The van der Waals surface area contributed by atoms with Crippen molar-refractivity contribution >= 4 is 11.9 Å². The summed E-state index contributed by atoms with van der Waals surface area (Å²) in [5, 5.41) is 22.6. The fourth-order valence-electron chi connectivity index (χ4n) is 9.24. The molecule has 0 amide bonds. The van der Waals surface area contributed by atoms with Gasteiger partial charge in [-0.1, -0.05) is 43.7 Å². The Morgan fingerprint density at radius 3 is 1.40 bits per heavy atom. The summed E-state index contributed by atoms with van der Waals surface area (Å²) in [7, 11) is 4.32. The molecular formula is C34H56N2O4. The van der Waals surface area contributed by atoms with Gasteiger partial charge in [-0.3, -0.25) is 19.4 Å². The van der Waals surface area contributed by atoms with Crippen molar-refractivity contribution < 1.29 is 19.8 Å². The van der Waals surface area contributed by atoms with Crippen LogP contribution >= 0.6 is 0 Å². The lowest BCUT2D eigenvalue weighted by Gasteiger charge is -2.66. The third kappa shape index (κ3) is 5.24. The van der Waals surface area contributed by atoms with Crippen molar-refractivity contribution in [3.8, 4) is 0 Å². The van der Waals surface area contributed by atoms with E-state index >= 15 is 0 Å². The second-order valence-electron chi connectivity index (χ2n) is 15.5. The van der Waals surface area contributed by atoms with E-state index in [1.54, 1.807) is 0 Å². The molecular weight excluding hydrogens is 500 g/mol. The summed E-state index contributed by atoms with van der Waals surface area (Å²) in [4.78, 5) is 32.5. The maximum absolute atomic E-state index is 13.8. The fraction of sp³-hybridized carbons (Fsp3) is 0.765. The second kappa shape index (κ2) is 10.7. The van der Waals surface area contributed by atoms with E-state index in [0.29, 0.717) is 6.42 Å². The standard InChI is InChI=1S/C34H56N2O4/c1-12-18-33(25-20-29(2,3)35(10)30(4,5)21-25,26-22-31(6,7)36(11)32(8,9)23-26)34(27(37)38,28(39)40)19-24-16-14-13-15-17-24/h13-17,25-26H,12,18-23H2,1-11H3,(H,37,38)(H,39,40). The van der Waals surface area contributed by atoms with E-state index in [0.717, 1.165) is 37.7 Å². The highest BCUT2D eigenvalue weighted by molar-refractivity contribution is 6.00. The predicted molar refractivity (Wildman–Crippen MR) is 162 cm³/mol. The molecule has 6 heteroatoms. The lowest BCUT2D eigenvalue weighted by molar-refractivity contribution is -0.208. The molecule has 1 aromatic carbocycles. The van der Waals surface area contributed by atoms with Gasteiger partial charge in [0.1, 0.15) is 0 Å². The summed E-state index contributed by atoms with van der Waals surface area (Å²) in [6, 6.07) is 9.45. The van der Waals surface area contributed by atoms with Crippen LogP contribution in [-0.4, -0.2) is 68.2 Å². The molecule has 2 aliphatic heterocycles. The van der Waals surface area contributed by atoms with Gasteiger partial charge in [0, 0.05) is 27.6 Å². The van der Waals surface area contributed by atoms with Gasteiger partial charge in [-0.05, 0) is 125 Å². The lowest BCUT2D eigenvalue weighted by Crippen LogP contribution is -2.70. The number of carboxylic acids is 2. The normalized spacial score (nSPS) is 24.1. The molecule has 0 aliphatic carbocycles. The van der Waals surface area contributed by atoms with Crippen LogP contribution < -0.4 is 0 Å². The Balaban J connectivity index is 2.45. The van der Waals surface area contributed by atoms with Crippen molar-refractivity contribution in [2.45, 2.75) is 129 Å². The molecule has 0 aromatic heterocycles. The van der Waals surface area contributed by atoms with Gasteiger partial charge in [0.2, 0.25) is 0 Å². The number of aliphatic carboxylic acids is 2. The first-order valence-electron chi connectivity index (χ1n) is 15.2. The minimum atomic E-state index is -1.97. The van der Waals surface area contributed by atoms with Crippen LogP contribution in [0.5, 0.6) is 0 Å². The molecule has 40 heavy (non-hydrogen) atoms. The number of piperidine rings is 2. The molecule has 0 bridgehead atoms. The number of hydrogen-bond acceptors (Lipinski definition) is 4. The SMILES string of the molecule is CCCC(C1CC(C)(C)N(C)C(C)(C)C1)(C1CC(C)(C)N(C)C(C)(C)C1)C(Cc1ccccc1)(C(=O)O)C(=O)O. The Morgan fingerprint density at radius 1 is 0.750 bits per heavy atom. The highest BCUT2D eigenvalue weighted by Gasteiger charge is 2.70. The van der Waals surface area contributed by atoms with E-state index in [1.807, 2.05) is 30.3 Å². The maximum atomic E-state index is 13.8. The zero-order valence-electron chi connectivity index (χ0n) is 27.1. The van der Waals surface area contributed by atoms with Crippen LogP contribution in [-0.2, 0) is 16.0 Å². The molecule has 226 valence electrons. The number of benzene rings is 1. The van der Waals surface area contributed by atoms with Crippen LogP contribution in [0, 0.1) is 22.7 Å². The van der Waals surface area contributed by atoms with Gasteiger partial charge >= 0.3 is 11.9 Å². The molecule has 2 aliphatic rings. The van der Waals surface area contributed by atoms with Crippen LogP contribution in [0.4, 0.5) is 0 Å². The molecule has 2 heterocycles. The third-order valence-electron chi connectivity index (χ3n) is 11.6. The number of rotatable bonds is 9. The molecule has 2 N–H and O–H groups in total. The van der Waals surface area contributed by atoms with E-state index in [2.05, 4.69) is 86.2 Å². The first-order chi connectivity index (χ1) is 18.2. The molecule has 2 saturated heterocycles. The van der Waals surface area contributed by atoms with Crippen LogP contribution in [0.25, 0.3) is 0 Å². The van der Waals surface area contributed by atoms with Crippen LogP contribution in [0.1, 0.15) is 106 Å². The molecule has 0 radical (unpaired) electrons. The zero-order valence-corrected chi connectivity index (χ0v) is 27.1. The Bertz CT molecular complexity index is 983. The van der Waals surface area contributed by atoms with E-state index in [9.17, 15) is 19.8 Å². The Morgan fingerprint density at radius 2 is 1.10 bits per heavy atom. The number of hydrogen-bond donors (Lipinski definition) is 2. The Hall–Kier alpha value is -1.92. The largest absolute Gasteiger partial charge is 0.480 e. The molecule has 6 nitrogen and oxygen atoms in total. The zero-order chi connectivity index (χ0) is 30.5. The van der Waals surface area contributed by atoms with Crippen LogP contribution in [0.2, 0.25) is 0 Å². The van der Waals surface area contributed by atoms with E-state index in [-0.39, 0.29) is 40.4 Å². The summed E-state index contributed by atoms with van der Waals surface area (Å²) in [6.07, 6.45) is 4.33. The van der Waals surface area contributed by atoms with Crippen molar-refractivity contribution in [1.29, 1.82) is 0 Å². The van der Waals surface area contributed by atoms with Crippen LogP contribution in [0.3, 0.4) is 0 Å². The molecule has 0 spiro atoms. The average Bonchev–Trinajstić information content (AvgIpc) is 2.82. The molecule has 0 unspecified atom stereocenters. The highest BCUT2D eigenvalue weighted by Crippen LogP contribution is 2.65. The summed E-state index contributed by atoms with van der Waals surface area (Å²) in [6.45, 7) is 20.0. The molecule has 0 atom stereocenters. The van der Waals surface area contributed by atoms with E-state index in [1.165, 1.54) is 0 Å².